The van der Waals surface area contributed by atoms with Gasteiger partial charge in [0, 0.05) is 18.8 Å². The molecule has 0 bridgehead atoms. The summed E-state index contributed by atoms with van der Waals surface area (Å²) < 4.78 is 3.94. The van der Waals surface area contributed by atoms with Crippen LogP contribution >= 0.6 is 11.5 Å². The van der Waals surface area contributed by atoms with E-state index in [2.05, 4.69) is 22.6 Å². The van der Waals surface area contributed by atoms with Crippen LogP contribution in [0.2, 0.25) is 0 Å². The predicted molar refractivity (Wildman–Crippen MR) is 83.2 cm³/mol. The van der Waals surface area contributed by atoms with Gasteiger partial charge in [-0.3, -0.25) is 4.79 Å². The number of anilines is 1. The van der Waals surface area contributed by atoms with Crippen LogP contribution in [-0.2, 0) is 19.4 Å². The number of nitrogen functional groups attached to an aromatic ring is 1. The maximum absolute atomic E-state index is 12.7. The summed E-state index contributed by atoms with van der Waals surface area (Å²) in [5, 5.41) is 4.08. The number of carbonyl (C=O) groups excluding carboxylic acids is 1. The fourth-order valence-corrected chi connectivity index (χ4v) is 3.37. The lowest BCUT2D eigenvalue weighted by molar-refractivity contribution is 0.0739. The van der Waals surface area contributed by atoms with E-state index in [0.29, 0.717) is 11.4 Å². The van der Waals surface area contributed by atoms with Crippen LogP contribution in [0.25, 0.3) is 0 Å². The van der Waals surface area contributed by atoms with E-state index >= 15 is 0 Å². The van der Waals surface area contributed by atoms with Crippen molar-refractivity contribution in [1.82, 2.24) is 14.5 Å². The van der Waals surface area contributed by atoms with Gasteiger partial charge < -0.3 is 10.6 Å². The quantitative estimate of drug-likeness (QED) is 0.883. The van der Waals surface area contributed by atoms with Gasteiger partial charge >= 0.3 is 0 Å². The molecule has 2 heterocycles. The Morgan fingerprint density at radius 3 is 3.14 bits per heavy atom. The van der Waals surface area contributed by atoms with E-state index in [0.717, 1.165) is 42.8 Å². The van der Waals surface area contributed by atoms with Crippen molar-refractivity contribution in [3.05, 3.63) is 39.9 Å². The molecule has 1 aromatic carbocycles. The van der Waals surface area contributed by atoms with Crippen LogP contribution in [0, 0.1) is 0 Å². The second kappa shape index (κ2) is 5.81. The number of carbonyl (C=O) groups is 1. The molecule has 2 N–H and O–H groups in total. The number of nitrogens with zero attached hydrogens (tertiary/aromatic N) is 3. The summed E-state index contributed by atoms with van der Waals surface area (Å²) in [4.78, 5) is 15.2. The van der Waals surface area contributed by atoms with Gasteiger partial charge in [0.2, 0.25) is 0 Å². The zero-order chi connectivity index (χ0) is 14.8. The van der Waals surface area contributed by atoms with Crippen LogP contribution in [0.4, 0.5) is 5.69 Å². The monoisotopic (exact) mass is 302 g/mol. The first-order valence-corrected chi connectivity index (χ1v) is 7.94. The molecule has 0 radical (unpaired) electrons. The van der Waals surface area contributed by atoms with Crippen molar-refractivity contribution in [1.29, 1.82) is 0 Å². The molecular formula is C15H18N4OS. The Morgan fingerprint density at radius 1 is 1.48 bits per heavy atom. The predicted octanol–water partition coefficient (Wildman–Crippen LogP) is 2.27. The van der Waals surface area contributed by atoms with Crippen molar-refractivity contribution in [2.75, 3.05) is 12.3 Å². The minimum atomic E-state index is 0.0300. The molecule has 1 aromatic heterocycles. The molecule has 0 spiro atoms. The Kier molecular flexibility index (Phi) is 3.88. The third-order valence-electron chi connectivity index (χ3n) is 3.83. The Balaban J connectivity index is 1.84. The van der Waals surface area contributed by atoms with Crippen LogP contribution in [0.15, 0.2) is 18.2 Å². The number of aryl methyl sites for hydroxylation is 1. The first-order chi connectivity index (χ1) is 10.2. The lowest BCUT2D eigenvalue weighted by Gasteiger charge is -2.29. The summed E-state index contributed by atoms with van der Waals surface area (Å²) in [5.74, 6) is 0.0300. The minimum Gasteiger partial charge on any atom is -0.398 e. The summed E-state index contributed by atoms with van der Waals surface area (Å²) >= 11 is 1.19. The highest BCUT2D eigenvalue weighted by atomic mass is 32.1. The number of benzene rings is 1. The van der Waals surface area contributed by atoms with Crippen LogP contribution in [0.5, 0.6) is 0 Å². The van der Waals surface area contributed by atoms with E-state index in [1.54, 1.807) is 0 Å². The average Bonchev–Trinajstić information content (AvgIpc) is 2.95. The maximum atomic E-state index is 12.7. The van der Waals surface area contributed by atoms with Gasteiger partial charge in [0.05, 0.1) is 5.69 Å². The van der Waals surface area contributed by atoms with Gasteiger partial charge in [-0.15, -0.1) is 5.10 Å². The average molecular weight is 302 g/mol. The van der Waals surface area contributed by atoms with Crippen LogP contribution in [0.1, 0.15) is 39.8 Å². The first kappa shape index (κ1) is 14.0. The SMILES string of the molecule is CCCc1nnsc1C(=O)N1CCc2cccc(N)c2C1. The molecule has 0 atom stereocenters. The number of amides is 1. The Bertz CT molecular complexity index is 667. The highest BCUT2D eigenvalue weighted by molar-refractivity contribution is 7.08. The minimum absolute atomic E-state index is 0.0300. The molecule has 110 valence electrons. The van der Waals surface area contributed by atoms with Crippen LogP contribution in [0.3, 0.4) is 0 Å². The molecule has 0 saturated heterocycles. The molecule has 0 unspecified atom stereocenters. The zero-order valence-corrected chi connectivity index (χ0v) is 12.8. The lowest BCUT2D eigenvalue weighted by atomic mass is 9.98. The molecule has 2 aromatic rings. The molecular weight excluding hydrogens is 284 g/mol. The summed E-state index contributed by atoms with van der Waals surface area (Å²) in [6.07, 6.45) is 2.60. The lowest BCUT2D eigenvalue weighted by Crippen LogP contribution is -2.36. The highest BCUT2D eigenvalue weighted by Gasteiger charge is 2.26. The third-order valence-corrected chi connectivity index (χ3v) is 4.59. The second-order valence-electron chi connectivity index (χ2n) is 5.26. The number of aromatic nitrogens is 2. The number of hydrogen-bond donors (Lipinski definition) is 1. The number of rotatable bonds is 3. The van der Waals surface area contributed by atoms with Crippen molar-refractivity contribution in [2.24, 2.45) is 0 Å². The fourth-order valence-electron chi connectivity index (χ4n) is 2.70. The summed E-state index contributed by atoms with van der Waals surface area (Å²) in [6, 6.07) is 5.95. The molecule has 21 heavy (non-hydrogen) atoms. The first-order valence-electron chi connectivity index (χ1n) is 7.17. The molecule has 0 fully saturated rings. The topological polar surface area (TPSA) is 72.1 Å². The number of fused-ring (bicyclic) bond motifs is 1. The molecule has 6 heteroatoms. The Morgan fingerprint density at radius 2 is 2.33 bits per heavy atom. The Hall–Kier alpha value is -1.95. The maximum Gasteiger partial charge on any atom is 0.267 e. The molecule has 1 amide bonds. The van der Waals surface area contributed by atoms with E-state index in [-0.39, 0.29) is 5.91 Å². The van der Waals surface area contributed by atoms with E-state index in [4.69, 9.17) is 5.73 Å². The van der Waals surface area contributed by atoms with E-state index in [1.165, 1.54) is 17.1 Å². The van der Waals surface area contributed by atoms with Crippen molar-refractivity contribution >= 4 is 23.1 Å². The Labute approximate surface area is 127 Å². The zero-order valence-electron chi connectivity index (χ0n) is 12.0. The standard InChI is InChI=1S/C15H18N4OS/c1-2-4-13-14(21-18-17-13)15(20)19-8-7-10-5-3-6-12(16)11(10)9-19/h3,5-6H,2,4,7-9,16H2,1H3. The van der Waals surface area contributed by atoms with Crippen molar-refractivity contribution < 1.29 is 4.79 Å². The van der Waals surface area contributed by atoms with Crippen LogP contribution in [-0.4, -0.2) is 26.9 Å². The molecule has 1 aliphatic heterocycles. The van der Waals surface area contributed by atoms with Gasteiger partial charge in [-0.2, -0.15) is 0 Å². The third kappa shape index (κ3) is 2.63. The largest absolute Gasteiger partial charge is 0.398 e. The molecule has 5 nitrogen and oxygen atoms in total. The summed E-state index contributed by atoms with van der Waals surface area (Å²) in [7, 11) is 0. The van der Waals surface area contributed by atoms with Crippen molar-refractivity contribution in [3.8, 4) is 0 Å². The van der Waals surface area contributed by atoms with E-state index in [9.17, 15) is 4.79 Å². The summed E-state index contributed by atoms with van der Waals surface area (Å²) in [6.45, 7) is 3.37. The molecule has 0 saturated carbocycles. The van der Waals surface area contributed by atoms with Gasteiger partial charge in [0.15, 0.2) is 0 Å². The second-order valence-corrected chi connectivity index (χ2v) is 6.01. The molecule has 0 aliphatic carbocycles. The normalized spacial score (nSPS) is 14.0. The van der Waals surface area contributed by atoms with Gasteiger partial charge in [-0.05, 0) is 41.6 Å². The van der Waals surface area contributed by atoms with Gasteiger partial charge in [-0.1, -0.05) is 30.0 Å². The summed E-state index contributed by atoms with van der Waals surface area (Å²) in [5.41, 5.74) is 9.94. The number of hydrogen-bond acceptors (Lipinski definition) is 5. The highest BCUT2D eigenvalue weighted by Crippen LogP contribution is 2.26. The van der Waals surface area contributed by atoms with Gasteiger partial charge in [0.25, 0.3) is 5.91 Å². The molecule has 1 aliphatic rings. The van der Waals surface area contributed by atoms with E-state index < -0.39 is 0 Å². The van der Waals surface area contributed by atoms with Crippen molar-refractivity contribution in [3.63, 3.8) is 0 Å². The van der Waals surface area contributed by atoms with Crippen molar-refractivity contribution in [2.45, 2.75) is 32.7 Å². The molecule has 3 rings (SSSR count). The van der Waals surface area contributed by atoms with Gasteiger partial charge in [-0.25, -0.2) is 0 Å². The fraction of sp³-hybridized carbons (Fsp3) is 0.400. The van der Waals surface area contributed by atoms with E-state index in [1.807, 2.05) is 17.0 Å². The van der Waals surface area contributed by atoms with Crippen LogP contribution < -0.4 is 5.73 Å². The smallest absolute Gasteiger partial charge is 0.267 e. The van der Waals surface area contributed by atoms with Gasteiger partial charge in [0.1, 0.15) is 4.88 Å². The number of nitrogens with two attached hydrogens (primary N) is 1.